The molecule has 100 valence electrons. The summed E-state index contributed by atoms with van der Waals surface area (Å²) in [6, 6.07) is 7.29. The molecule has 0 fully saturated rings. The third-order valence-electron chi connectivity index (χ3n) is 3.13. The highest BCUT2D eigenvalue weighted by Gasteiger charge is 2.31. The highest BCUT2D eigenvalue weighted by Crippen LogP contribution is 2.30. The Labute approximate surface area is 108 Å². The van der Waals surface area contributed by atoms with Gasteiger partial charge in [0.2, 0.25) is 0 Å². The largest absolute Gasteiger partial charge is 0.497 e. The molecule has 0 amide bonds. The van der Waals surface area contributed by atoms with E-state index in [9.17, 15) is 9.90 Å². The van der Waals surface area contributed by atoms with Crippen molar-refractivity contribution in [1.82, 2.24) is 5.32 Å². The maximum atomic E-state index is 11.4. The minimum Gasteiger partial charge on any atom is -0.497 e. The quantitative estimate of drug-likeness (QED) is 0.814. The van der Waals surface area contributed by atoms with Crippen molar-refractivity contribution >= 4 is 5.97 Å². The molecule has 1 aromatic rings. The number of rotatable bonds is 6. The van der Waals surface area contributed by atoms with Gasteiger partial charge in [0.1, 0.15) is 5.75 Å². The number of carboxylic acid groups (broad SMARTS) is 1. The van der Waals surface area contributed by atoms with E-state index in [1.54, 1.807) is 14.2 Å². The molecule has 4 heteroatoms. The van der Waals surface area contributed by atoms with Gasteiger partial charge < -0.3 is 15.2 Å². The lowest BCUT2D eigenvalue weighted by Gasteiger charge is -2.27. The van der Waals surface area contributed by atoms with Crippen LogP contribution in [0, 0.1) is 11.8 Å². The van der Waals surface area contributed by atoms with Crippen molar-refractivity contribution in [3.8, 4) is 5.75 Å². The van der Waals surface area contributed by atoms with E-state index in [1.165, 1.54) is 0 Å². The zero-order valence-corrected chi connectivity index (χ0v) is 11.3. The fourth-order valence-electron chi connectivity index (χ4n) is 2.20. The molecule has 0 saturated heterocycles. The van der Waals surface area contributed by atoms with Crippen LogP contribution in [0.2, 0.25) is 0 Å². The van der Waals surface area contributed by atoms with Crippen LogP contribution < -0.4 is 10.1 Å². The Morgan fingerprint density at radius 1 is 1.39 bits per heavy atom. The summed E-state index contributed by atoms with van der Waals surface area (Å²) in [7, 11) is 3.38. The van der Waals surface area contributed by atoms with Gasteiger partial charge in [-0.2, -0.15) is 0 Å². The summed E-state index contributed by atoms with van der Waals surface area (Å²) in [6.07, 6.45) is 0. The van der Waals surface area contributed by atoms with Gasteiger partial charge in [-0.1, -0.05) is 26.0 Å². The molecule has 0 radical (unpaired) electrons. The van der Waals surface area contributed by atoms with Gasteiger partial charge in [-0.05, 0) is 30.7 Å². The number of ether oxygens (including phenoxy) is 1. The van der Waals surface area contributed by atoms with Crippen molar-refractivity contribution in [3.05, 3.63) is 29.8 Å². The molecule has 0 bridgehead atoms. The lowest BCUT2D eigenvalue weighted by atomic mass is 9.84. The molecule has 2 N–H and O–H groups in total. The van der Waals surface area contributed by atoms with Crippen molar-refractivity contribution in [2.24, 2.45) is 11.8 Å². The van der Waals surface area contributed by atoms with Crippen molar-refractivity contribution in [2.75, 3.05) is 14.2 Å². The zero-order chi connectivity index (χ0) is 13.7. The van der Waals surface area contributed by atoms with Gasteiger partial charge in [0.05, 0.1) is 13.0 Å². The van der Waals surface area contributed by atoms with Crippen molar-refractivity contribution in [1.29, 1.82) is 0 Å². The summed E-state index contributed by atoms with van der Waals surface area (Å²) in [5, 5.41) is 12.5. The highest BCUT2D eigenvalue weighted by molar-refractivity contribution is 5.71. The molecule has 0 aliphatic carbocycles. The van der Waals surface area contributed by atoms with Crippen LogP contribution in [0.4, 0.5) is 0 Å². The number of benzene rings is 1. The summed E-state index contributed by atoms with van der Waals surface area (Å²) < 4.78 is 5.17. The fourth-order valence-corrected chi connectivity index (χ4v) is 2.20. The normalized spacial score (nSPS) is 14.3. The van der Waals surface area contributed by atoms with Gasteiger partial charge in [-0.3, -0.25) is 4.79 Å². The van der Waals surface area contributed by atoms with Crippen molar-refractivity contribution < 1.29 is 14.6 Å². The van der Waals surface area contributed by atoms with Crippen molar-refractivity contribution in [2.45, 2.75) is 19.9 Å². The Balaban J connectivity index is 3.10. The van der Waals surface area contributed by atoms with Crippen LogP contribution in [-0.2, 0) is 4.79 Å². The van der Waals surface area contributed by atoms with Gasteiger partial charge in [-0.25, -0.2) is 0 Å². The van der Waals surface area contributed by atoms with E-state index in [2.05, 4.69) is 5.32 Å². The van der Waals surface area contributed by atoms with Crippen LogP contribution in [0.15, 0.2) is 24.3 Å². The first-order chi connectivity index (χ1) is 8.51. The van der Waals surface area contributed by atoms with E-state index in [-0.39, 0.29) is 12.0 Å². The standard InChI is InChI=1S/C14H21NO3/c1-9(2)12(14(16)17)13(15-3)10-6-5-7-11(8-10)18-4/h5-9,12-13,15H,1-4H3,(H,16,17). The Kier molecular flexibility index (Phi) is 5.16. The first kappa shape index (κ1) is 14.5. The Hall–Kier alpha value is -1.55. The molecule has 0 aliphatic rings. The molecule has 18 heavy (non-hydrogen) atoms. The third-order valence-corrected chi connectivity index (χ3v) is 3.13. The summed E-state index contributed by atoms with van der Waals surface area (Å²) in [4.78, 5) is 11.4. The molecule has 4 nitrogen and oxygen atoms in total. The second-order valence-corrected chi connectivity index (χ2v) is 4.65. The van der Waals surface area contributed by atoms with Gasteiger partial charge in [-0.15, -0.1) is 0 Å². The number of methoxy groups -OCH3 is 1. The predicted octanol–water partition coefficient (Wildman–Crippen LogP) is 2.31. The number of carboxylic acids is 1. The molecule has 1 aromatic carbocycles. The minimum absolute atomic E-state index is 0.0474. The lowest BCUT2D eigenvalue weighted by molar-refractivity contribution is -0.144. The topological polar surface area (TPSA) is 58.6 Å². The van der Waals surface area contributed by atoms with Gasteiger partial charge >= 0.3 is 5.97 Å². The maximum absolute atomic E-state index is 11.4. The number of nitrogens with one attached hydrogen (secondary N) is 1. The smallest absolute Gasteiger partial charge is 0.308 e. The summed E-state index contributed by atoms with van der Waals surface area (Å²) in [5.74, 6) is -0.471. The summed E-state index contributed by atoms with van der Waals surface area (Å²) in [6.45, 7) is 3.84. The number of hydrogen-bond acceptors (Lipinski definition) is 3. The summed E-state index contributed by atoms with van der Waals surface area (Å²) >= 11 is 0. The SMILES string of the molecule is CNC(c1cccc(OC)c1)C(C(=O)O)C(C)C. The minimum atomic E-state index is -0.785. The molecule has 2 atom stereocenters. The van der Waals surface area contributed by atoms with Crippen LogP contribution >= 0.6 is 0 Å². The third kappa shape index (κ3) is 3.23. The molecular weight excluding hydrogens is 230 g/mol. The van der Waals surface area contributed by atoms with E-state index in [1.807, 2.05) is 38.1 Å². The number of hydrogen-bond donors (Lipinski definition) is 2. The van der Waals surface area contributed by atoms with E-state index in [4.69, 9.17) is 4.74 Å². The molecule has 0 aliphatic heterocycles. The van der Waals surface area contributed by atoms with Crippen LogP contribution in [0.1, 0.15) is 25.5 Å². The van der Waals surface area contributed by atoms with Crippen LogP contribution in [0.3, 0.4) is 0 Å². The first-order valence-corrected chi connectivity index (χ1v) is 6.05. The van der Waals surface area contributed by atoms with Crippen LogP contribution in [-0.4, -0.2) is 25.2 Å². The Morgan fingerprint density at radius 2 is 2.06 bits per heavy atom. The molecule has 0 saturated carbocycles. The van der Waals surface area contributed by atoms with Crippen LogP contribution in [0.25, 0.3) is 0 Å². The Morgan fingerprint density at radius 3 is 2.50 bits per heavy atom. The van der Waals surface area contributed by atoms with E-state index in [0.717, 1.165) is 11.3 Å². The molecule has 0 aromatic heterocycles. The molecular formula is C14H21NO3. The zero-order valence-electron chi connectivity index (χ0n) is 11.3. The monoisotopic (exact) mass is 251 g/mol. The predicted molar refractivity (Wildman–Crippen MR) is 70.8 cm³/mol. The van der Waals surface area contributed by atoms with E-state index in [0.29, 0.717) is 0 Å². The molecule has 0 spiro atoms. The average Bonchev–Trinajstić information content (AvgIpc) is 2.34. The van der Waals surface area contributed by atoms with E-state index < -0.39 is 11.9 Å². The van der Waals surface area contributed by atoms with Crippen LogP contribution in [0.5, 0.6) is 5.75 Å². The number of aliphatic carboxylic acids is 1. The van der Waals surface area contributed by atoms with Gasteiger partial charge in [0.15, 0.2) is 0 Å². The lowest BCUT2D eigenvalue weighted by Crippen LogP contribution is -2.34. The highest BCUT2D eigenvalue weighted by atomic mass is 16.5. The first-order valence-electron chi connectivity index (χ1n) is 6.05. The molecule has 2 unspecified atom stereocenters. The number of carbonyl (C=O) groups is 1. The average molecular weight is 251 g/mol. The second-order valence-electron chi connectivity index (χ2n) is 4.65. The maximum Gasteiger partial charge on any atom is 0.308 e. The summed E-state index contributed by atoms with van der Waals surface area (Å²) in [5.41, 5.74) is 0.929. The van der Waals surface area contributed by atoms with E-state index >= 15 is 0 Å². The second kappa shape index (κ2) is 6.40. The fraction of sp³-hybridized carbons (Fsp3) is 0.500. The van der Waals surface area contributed by atoms with Gasteiger partial charge in [0, 0.05) is 6.04 Å². The molecule has 1 rings (SSSR count). The van der Waals surface area contributed by atoms with Gasteiger partial charge in [0.25, 0.3) is 0 Å². The Bertz CT molecular complexity index is 404. The van der Waals surface area contributed by atoms with Crippen molar-refractivity contribution in [3.63, 3.8) is 0 Å². The molecule has 0 heterocycles.